The molecule has 1 unspecified atom stereocenters. The zero-order valence-electron chi connectivity index (χ0n) is 10.6. The van der Waals surface area contributed by atoms with Crippen LogP contribution in [-0.2, 0) is 0 Å². The molecular formula is C13H28N2. The molecular weight excluding hydrogens is 184 g/mol. The van der Waals surface area contributed by atoms with Crippen LogP contribution in [0.25, 0.3) is 0 Å². The first-order valence-corrected chi connectivity index (χ1v) is 6.79. The molecule has 1 fully saturated rings. The van der Waals surface area contributed by atoms with Crippen molar-refractivity contribution in [1.29, 1.82) is 0 Å². The van der Waals surface area contributed by atoms with Crippen LogP contribution in [0.4, 0.5) is 0 Å². The highest BCUT2D eigenvalue weighted by molar-refractivity contribution is 4.68. The highest BCUT2D eigenvalue weighted by atomic mass is 15.2. The van der Waals surface area contributed by atoms with Crippen LogP contribution in [0.1, 0.15) is 46.0 Å². The maximum absolute atomic E-state index is 3.40. The molecule has 1 saturated heterocycles. The van der Waals surface area contributed by atoms with Gasteiger partial charge in [-0.15, -0.1) is 0 Å². The fourth-order valence-electron chi connectivity index (χ4n) is 2.50. The minimum absolute atomic E-state index is 0.984. The summed E-state index contributed by atoms with van der Waals surface area (Å²) in [5.41, 5.74) is 0. The van der Waals surface area contributed by atoms with E-state index in [1.54, 1.807) is 0 Å². The van der Waals surface area contributed by atoms with Gasteiger partial charge in [-0.1, -0.05) is 33.1 Å². The lowest BCUT2D eigenvalue weighted by Gasteiger charge is -2.27. The second-order valence-electron chi connectivity index (χ2n) is 4.80. The van der Waals surface area contributed by atoms with Gasteiger partial charge in [-0.2, -0.15) is 0 Å². The minimum atomic E-state index is 0.984. The van der Waals surface area contributed by atoms with Crippen molar-refractivity contribution in [1.82, 2.24) is 10.2 Å². The Morgan fingerprint density at radius 1 is 1.13 bits per heavy atom. The Morgan fingerprint density at radius 3 is 2.47 bits per heavy atom. The molecule has 1 N–H and O–H groups in total. The molecule has 2 nitrogen and oxygen atoms in total. The van der Waals surface area contributed by atoms with E-state index < -0.39 is 0 Å². The standard InChI is InChI=1S/C13H28N2/c1-3-6-13(4-2)7-5-10-15-11-8-14-9-12-15/h13-14H,3-12H2,1-2H3. The summed E-state index contributed by atoms with van der Waals surface area (Å²) >= 11 is 0. The Morgan fingerprint density at radius 2 is 1.87 bits per heavy atom. The number of rotatable bonds is 7. The van der Waals surface area contributed by atoms with E-state index in [1.165, 1.54) is 64.8 Å². The van der Waals surface area contributed by atoms with Crippen molar-refractivity contribution in [3.8, 4) is 0 Å². The molecule has 0 aromatic heterocycles. The molecule has 90 valence electrons. The maximum atomic E-state index is 3.40. The molecule has 0 spiro atoms. The predicted octanol–water partition coefficient (Wildman–Crippen LogP) is 2.50. The zero-order chi connectivity index (χ0) is 10.9. The van der Waals surface area contributed by atoms with E-state index in [9.17, 15) is 0 Å². The van der Waals surface area contributed by atoms with Gasteiger partial charge < -0.3 is 10.2 Å². The third-order valence-electron chi connectivity index (χ3n) is 3.57. The van der Waals surface area contributed by atoms with Gasteiger partial charge in [-0.25, -0.2) is 0 Å². The fraction of sp³-hybridized carbons (Fsp3) is 1.00. The van der Waals surface area contributed by atoms with E-state index in [-0.39, 0.29) is 0 Å². The van der Waals surface area contributed by atoms with Crippen molar-refractivity contribution in [3.63, 3.8) is 0 Å². The summed E-state index contributed by atoms with van der Waals surface area (Å²) in [4.78, 5) is 2.61. The Balaban J connectivity index is 2.03. The number of hydrogen-bond donors (Lipinski definition) is 1. The summed E-state index contributed by atoms with van der Waals surface area (Å²) in [6.45, 7) is 10.8. The lowest BCUT2D eigenvalue weighted by atomic mass is 9.95. The van der Waals surface area contributed by atoms with Gasteiger partial charge in [0.2, 0.25) is 0 Å². The summed E-state index contributed by atoms with van der Waals surface area (Å²) in [5, 5.41) is 3.40. The molecule has 1 heterocycles. The summed E-state index contributed by atoms with van der Waals surface area (Å²) in [5.74, 6) is 0.984. The Kier molecular flexibility index (Phi) is 7.03. The number of nitrogens with one attached hydrogen (secondary N) is 1. The number of piperazine rings is 1. The SMILES string of the molecule is CCCC(CC)CCCN1CCNCC1. The van der Waals surface area contributed by atoms with Gasteiger partial charge in [-0.3, -0.25) is 0 Å². The van der Waals surface area contributed by atoms with E-state index >= 15 is 0 Å². The van der Waals surface area contributed by atoms with Gasteiger partial charge in [0, 0.05) is 26.2 Å². The average Bonchev–Trinajstić information content (AvgIpc) is 2.29. The lowest BCUT2D eigenvalue weighted by Crippen LogP contribution is -2.43. The van der Waals surface area contributed by atoms with Crippen LogP contribution >= 0.6 is 0 Å². The smallest absolute Gasteiger partial charge is 0.0107 e. The molecule has 0 amide bonds. The van der Waals surface area contributed by atoms with Crippen molar-refractivity contribution in [2.45, 2.75) is 46.0 Å². The summed E-state index contributed by atoms with van der Waals surface area (Å²) < 4.78 is 0. The van der Waals surface area contributed by atoms with Crippen LogP contribution in [0.3, 0.4) is 0 Å². The lowest BCUT2D eigenvalue weighted by molar-refractivity contribution is 0.229. The zero-order valence-corrected chi connectivity index (χ0v) is 10.6. The van der Waals surface area contributed by atoms with Gasteiger partial charge in [0.05, 0.1) is 0 Å². The van der Waals surface area contributed by atoms with Gasteiger partial charge in [0.25, 0.3) is 0 Å². The van der Waals surface area contributed by atoms with Crippen LogP contribution in [0.15, 0.2) is 0 Å². The van der Waals surface area contributed by atoms with Crippen LogP contribution in [0, 0.1) is 5.92 Å². The highest BCUT2D eigenvalue weighted by Crippen LogP contribution is 2.17. The number of nitrogens with zero attached hydrogens (tertiary/aromatic N) is 1. The third kappa shape index (κ3) is 5.53. The van der Waals surface area contributed by atoms with Crippen molar-refractivity contribution in [2.75, 3.05) is 32.7 Å². The first kappa shape index (κ1) is 13.0. The first-order chi connectivity index (χ1) is 7.36. The molecule has 0 aromatic carbocycles. The van der Waals surface area contributed by atoms with Crippen molar-refractivity contribution in [2.24, 2.45) is 5.92 Å². The Labute approximate surface area is 95.4 Å². The Hall–Kier alpha value is -0.0800. The molecule has 0 bridgehead atoms. The molecule has 0 radical (unpaired) electrons. The molecule has 0 saturated carbocycles. The fourth-order valence-corrected chi connectivity index (χ4v) is 2.50. The molecule has 1 atom stereocenters. The van der Waals surface area contributed by atoms with Gasteiger partial charge >= 0.3 is 0 Å². The average molecular weight is 212 g/mol. The van der Waals surface area contributed by atoms with E-state index in [2.05, 4.69) is 24.1 Å². The molecule has 15 heavy (non-hydrogen) atoms. The van der Waals surface area contributed by atoms with Crippen LogP contribution in [-0.4, -0.2) is 37.6 Å². The third-order valence-corrected chi connectivity index (χ3v) is 3.57. The van der Waals surface area contributed by atoms with Crippen molar-refractivity contribution >= 4 is 0 Å². The van der Waals surface area contributed by atoms with Crippen LogP contribution in [0.2, 0.25) is 0 Å². The van der Waals surface area contributed by atoms with Crippen LogP contribution in [0.5, 0.6) is 0 Å². The molecule has 1 aliphatic heterocycles. The summed E-state index contributed by atoms with van der Waals surface area (Å²) in [7, 11) is 0. The summed E-state index contributed by atoms with van der Waals surface area (Å²) in [6, 6.07) is 0. The topological polar surface area (TPSA) is 15.3 Å². The van der Waals surface area contributed by atoms with Crippen molar-refractivity contribution < 1.29 is 0 Å². The first-order valence-electron chi connectivity index (χ1n) is 6.79. The van der Waals surface area contributed by atoms with E-state index in [0.29, 0.717) is 0 Å². The summed E-state index contributed by atoms with van der Waals surface area (Å²) in [6.07, 6.45) is 6.99. The molecule has 1 aliphatic rings. The second-order valence-corrected chi connectivity index (χ2v) is 4.80. The minimum Gasteiger partial charge on any atom is -0.314 e. The van der Waals surface area contributed by atoms with E-state index in [0.717, 1.165) is 5.92 Å². The van der Waals surface area contributed by atoms with E-state index in [4.69, 9.17) is 0 Å². The Bertz CT molecular complexity index is 137. The predicted molar refractivity (Wildman–Crippen MR) is 67.2 cm³/mol. The van der Waals surface area contributed by atoms with Gasteiger partial charge in [-0.05, 0) is 25.3 Å². The monoisotopic (exact) mass is 212 g/mol. The molecule has 1 rings (SSSR count). The largest absolute Gasteiger partial charge is 0.314 e. The van der Waals surface area contributed by atoms with Gasteiger partial charge in [0.15, 0.2) is 0 Å². The quantitative estimate of drug-likeness (QED) is 0.697. The molecule has 0 aliphatic carbocycles. The van der Waals surface area contributed by atoms with Crippen molar-refractivity contribution in [3.05, 3.63) is 0 Å². The van der Waals surface area contributed by atoms with E-state index in [1.807, 2.05) is 0 Å². The molecule has 2 heteroatoms. The van der Waals surface area contributed by atoms with Gasteiger partial charge in [0.1, 0.15) is 0 Å². The normalized spacial score (nSPS) is 20.4. The molecule has 0 aromatic rings. The highest BCUT2D eigenvalue weighted by Gasteiger charge is 2.10. The maximum Gasteiger partial charge on any atom is 0.0107 e. The van der Waals surface area contributed by atoms with Crippen LogP contribution < -0.4 is 5.32 Å². The second kappa shape index (κ2) is 8.12. The number of hydrogen-bond acceptors (Lipinski definition) is 2.